The maximum absolute atomic E-state index is 12.2. The summed E-state index contributed by atoms with van der Waals surface area (Å²) in [6, 6.07) is 12.3. The summed E-state index contributed by atoms with van der Waals surface area (Å²) >= 11 is 1.56. The molecule has 0 fully saturated rings. The van der Waals surface area contributed by atoms with Crippen LogP contribution < -0.4 is 10.6 Å². The van der Waals surface area contributed by atoms with Crippen molar-refractivity contribution in [2.75, 3.05) is 18.1 Å². The monoisotopic (exact) mass is 370 g/mol. The molecule has 2 heterocycles. The van der Waals surface area contributed by atoms with Crippen molar-refractivity contribution in [3.8, 4) is 0 Å². The molecule has 7 nitrogen and oxygen atoms in total. The summed E-state index contributed by atoms with van der Waals surface area (Å²) in [5.41, 5.74) is 0.576. The first-order chi connectivity index (χ1) is 12.7. The van der Waals surface area contributed by atoms with Crippen LogP contribution in [0, 0.1) is 0 Å². The summed E-state index contributed by atoms with van der Waals surface area (Å²) in [6.07, 6.45) is 6.91. The largest absolute Gasteiger partial charge is 0.467 e. The minimum absolute atomic E-state index is 0.173. The van der Waals surface area contributed by atoms with Crippen molar-refractivity contribution in [2.45, 2.75) is 10.9 Å². The standard InChI is InChI=1S/C18H18N4O3S/c1-26-14-6-2-5-13(11-14)21-18(24)17(23)19-12-15(16-7-3-10-25-16)22-9-4-8-20-22/h2-11,15H,12H2,1H3,(H,19,23)(H,21,24). The summed E-state index contributed by atoms with van der Waals surface area (Å²) in [5, 5.41) is 9.42. The van der Waals surface area contributed by atoms with Crippen molar-refractivity contribution in [2.24, 2.45) is 0 Å². The summed E-state index contributed by atoms with van der Waals surface area (Å²) in [5.74, 6) is -0.799. The fraction of sp³-hybridized carbons (Fsp3) is 0.167. The van der Waals surface area contributed by atoms with Crippen molar-refractivity contribution in [1.29, 1.82) is 0 Å². The molecule has 0 saturated heterocycles. The van der Waals surface area contributed by atoms with Crippen LogP contribution in [0.5, 0.6) is 0 Å². The highest BCUT2D eigenvalue weighted by Crippen LogP contribution is 2.19. The summed E-state index contributed by atoms with van der Waals surface area (Å²) in [4.78, 5) is 25.3. The lowest BCUT2D eigenvalue weighted by molar-refractivity contribution is -0.136. The molecule has 134 valence electrons. The Hall–Kier alpha value is -3.00. The van der Waals surface area contributed by atoms with Crippen molar-refractivity contribution >= 4 is 29.3 Å². The van der Waals surface area contributed by atoms with Gasteiger partial charge in [-0.3, -0.25) is 14.3 Å². The number of rotatable bonds is 6. The number of benzene rings is 1. The number of hydrogen-bond donors (Lipinski definition) is 2. The Kier molecular flexibility index (Phi) is 5.75. The van der Waals surface area contributed by atoms with Crippen LogP contribution in [0.4, 0.5) is 5.69 Å². The molecule has 8 heteroatoms. The van der Waals surface area contributed by atoms with E-state index < -0.39 is 11.8 Å². The van der Waals surface area contributed by atoms with Crippen LogP contribution in [0.2, 0.25) is 0 Å². The van der Waals surface area contributed by atoms with Gasteiger partial charge in [0.05, 0.1) is 6.26 Å². The average Bonchev–Trinajstić information content (AvgIpc) is 3.36. The highest BCUT2D eigenvalue weighted by Gasteiger charge is 2.20. The minimum Gasteiger partial charge on any atom is -0.467 e. The van der Waals surface area contributed by atoms with E-state index in [2.05, 4.69) is 15.7 Å². The molecule has 1 atom stereocenters. The maximum Gasteiger partial charge on any atom is 0.313 e. The van der Waals surface area contributed by atoms with E-state index in [4.69, 9.17) is 4.42 Å². The second-order valence-electron chi connectivity index (χ2n) is 5.41. The zero-order valence-corrected chi connectivity index (χ0v) is 14.9. The molecule has 3 rings (SSSR count). The van der Waals surface area contributed by atoms with Gasteiger partial charge in [0.1, 0.15) is 11.8 Å². The van der Waals surface area contributed by atoms with Crippen LogP contribution in [-0.4, -0.2) is 34.4 Å². The van der Waals surface area contributed by atoms with E-state index in [1.165, 1.54) is 0 Å². The summed E-state index contributed by atoms with van der Waals surface area (Å²) in [6.45, 7) is 0.173. The third-order valence-electron chi connectivity index (χ3n) is 3.71. The van der Waals surface area contributed by atoms with Crippen LogP contribution >= 0.6 is 11.8 Å². The number of nitrogens with one attached hydrogen (secondary N) is 2. The van der Waals surface area contributed by atoms with Gasteiger partial charge < -0.3 is 15.1 Å². The number of amides is 2. The first-order valence-electron chi connectivity index (χ1n) is 7.93. The van der Waals surface area contributed by atoms with Gasteiger partial charge in [0.2, 0.25) is 0 Å². The van der Waals surface area contributed by atoms with E-state index in [-0.39, 0.29) is 12.6 Å². The Morgan fingerprint density at radius 3 is 2.81 bits per heavy atom. The number of carbonyl (C=O) groups excluding carboxylic acids is 2. The van der Waals surface area contributed by atoms with Gasteiger partial charge in [0.15, 0.2) is 0 Å². The van der Waals surface area contributed by atoms with E-state index in [0.717, 1.165) is 4.90 Å². The first-order valence-corrected chi connectivity index (χ1v) is 9.15. The Morgan fingerprint density at radius 2 is 2.12 bits per heavy atom. The Labute approximate surface area is 154 Å². The SMILES string of the molecule is CSc1cccc(NC(=O)C(=O)NCC(c2ccco2)n2cccn2)c1. The number of aromatic nitrogens is 2. The van der Waals surface area contributed by atoms with Crippen LogP contribution in [0.1, 0.15) is 11.8 Å². The van der Waals surface area contributed by atoms with Crippen LogP contribution in [0.25, 0.3) is 0 Å². The molecule has 1 unspecified atom stereocenters. The zero-order valence-electron chi connectivity index (χ0n) is 14.1. The lowest BCUT2D eigenvalue weighted by Crippen LogP contribution is -2.38. The molecule has 0 bridgehead atoms. The minimum atomic E-state index is -0.720. The van der Waals surface area contributed by atoms with Crippen LogP contribution in [0.3, 0.4) is 0 Å². The molecule has 2 amide bonds. The second-order valence-corrected chi connectivity index (χ2v) is 6.29. The van der Waals surface area contributed by atoms with Gasteiger partial charge in [0, 0.05) is 29.5 Å². The molecular formula is C18H18N4O3S. The summed E-state index contributed by atoms with van der Waals surface area (Å²) < 4.78 is 7.08. The smallest absolute Gasteiger partial charge is 0.313 e. The molecule has 0 aliphatic carbocycles. The molecular weight excluding hydrogens is 352 g/mol. The summed E-state index contributed by atoms with van der Waals surface area (Å²) in [7, 11) is 0. The number of nitrogens with zero attached hydrogens (tertiary/aromatic N) is 2. The van der Waals surface area contributed by atoms with E-state index >= 15 is 0 Å². The maximum atomic E-state index is 12.2. The fourth-order valence-electron chi connectivity index (χ4n) is 2.43. The van der Waals surface area contributed by atoms with Gasteiger partial charge in [-0.1, -0.05) is 6.07 Å². The molecule has 2 N–H and O–H groups in total. The van der Waals surface area contributed by atoms with Gasteiger partial charge in [-0.2, -0.15) is 5.10 Å². The van der Waals surface area contributed by atoms with E-state index in [9.17, 15) is 9.59 Å². The number of thioether (sulfide) groups is 1. The lowest BCUT2D eigenvalue weighted by Gasteiger charge is -2.16. The lowest BCUT2D eigenvalue weighted by atomic mass is 10.2. The quantitative estimate of drug-likeness (QED) is 0.514. The number of furan rings is 1. The first kappa shape index (κ1) is 17.8. The number of anilines is 1. The van der Waals surface area contributed by atoms with Gasteiger partial charge in [-0.05, 0) is 42.7 Å². The predicted molar refractivity (Wildman–Crippen MR) is 98.9 cm³/mol. The third-order valence-corrected chi connectivity index (χ3v) is 4.43. The van der Waals surface area contributed by atoms with Crippen LogP contribution in [-0.2, 0) is 9.59 Å². The van der Waals surface area contributed by atoms with E-state index in [1.54, 1.807) is 59.4 Å². The molecule has 0 aliphatic rings. The van der Waals surface area contributed by atoms with Gasteiger partial charge in [0.25, 0.3) is 0 Å². The molecule has 0 spiro atoms. The second kappa shape index (κ2) is 8.39. The molecule has 0 radical (unpaired) electrons. The molecule has 2 aromatic heterocycles. The molecule has 0 aliphatic heterocycles. The Bertz CT molecular complexity index is 828. The zero-order chi connectivity index (χ0) is 18.4. The van der Waals surface area contributed by atoms with Gasteiger partial charge in [-0.15, -0.1) is 11.8 Å². The van der Waals surface area contributed by atoms with E-state index in [0.29, 0.717) is 11.4 Å². The van der Waals surface area contributed by atoms with Crippen molar-refractivity contribution in [1.82, 2.24) is 15.1 Å². The van der Waals surface area contributed by atoms with Crippen molar-refractivity contribution in [3.05, 3.63) is 66.9 Å². The molecule has 26 heavy (non-hydrogen) atoms. The molecule has 3 aromatic rings. The normalized spacial score (nSPS) is 11.7. The molecule has 1 aromatic carbocycles. The van der Waals surface area contributed by atoms with Gasteiger partial charge in [-0.25, -0.2) is 0 Å². The number of carbonyl (C=O) groups is 2. The highest BCUT2D eigenvalue weighted by molar-refractivity contribution is 7.98. The highest BCUT2D eigenvalue weighted by atomic mass is 32.2. The third kappa shape index (κ3) is 4.34. The topological polar surface area (TPSA) is 89.2 Å². The Balaban J connectivity index is 1.62. The van der Waals surface area contributed by atoms with Crippen molar-refractivity contribution in [3.63, 3.8) is 0 Å². The molecule has 0 saturated carbocycles. The van der Waals surface area contributed by atoms with Crippen molar-refractivity contribution < 1.29 is 14.0 Å². The fourth-order valence-corrected chi connectivity index (χ4v) is 2.89. The predicted octanol–water partition coefficient (Wildman–Crippen LogP) is 2.54. The Morgan fingerprint density at radius 1 is 1.23 bits per heavy atom. The van der Waals surface area contributed by atoms with E-state index in [1.807, 2.05) is 24.5 Å². The van der Waals surface area contributed by atoms with Gasteiger partial charge >= 0.3 is 11.8 Å². The number of hydrogen-bond acceptors (Lipinski definition) is 5. The van der Waals surface area contributed by atoms with Crippen LogP contribution in [0.15, 0.2) is 70.4 Å². The average molecular weight is 370 g/mol.